The summed E-state index contributed by atoms with van der Waals surface area (Å²) >= 11 is 0. The fourth-order valence-electron chi connectivity index (χ4n) is 3.71. The maximum atomic E-state index is 6.28. The molecule has 0 aromatic carbocycles. The molecule has 2 saturated heterocycles. The third-order valence-electron chi connectivity index (χ3n) is 4.86. The van der Waals surface area contributed by atoms with Gasteiger partial charge in [0, 0.05) is 24.7 Å². The Kier molecular flexibility index (Phi) is 6.51. The molecule has 21 heavy (non-hydrogen) atoms. The fourth-order valence-corrected chi connectivity index (χ4v) is 3.71. The van der Waals surface area contributed by atoms with Crippen LogP contribution in [0.15, 0.2) is 0 Å². The molecule has 3 heteroatoms. The van der Waals surface area contributed by atoms with Gasteiger partial charge in [0.05, 0.1) is 12.2 Å². The van der Waals surface area contributed by atoms with E-state index in [9.17, 15) is 0 Å². The lowest BCUT2D eigenvalue weighted by atomic mass is 9.97. The molecule has 0 spiro atoms. The number of likely N-dealkylation sites (tertiary alicyclic amines) is 1. The van der Waals surface area contributed by atoms with E-state index in [-0.39, 0.29) is 5.54 Å². The fraction of sp³-hybridized carbons (Fsp3) is 1.00. The van der Waals surface area contributed by atoms with Gasteiger partial charge in [-0.2, -0.15) is 0 Å². The summed E-state index contributed by atoms with van der Waals surface area (Å²) in [6.07, 6.45) is 10.2. The van der Waals surface area contributed by atoms with Gasteiger partial charge in [-0.3, -0.25) is 4.90 Å². The van der Waals surface area contributed by atoms with Crippen molar-refractivity contribution in [3.05, 3.63) is 0 Å². The minimum Gasteiger partial charge on any atom is -0.372 e. The smallest absolute Gasteiger partial charge is 0.0707 e. The molecule has 1 N–H and O–H groups in total. The molecule has 0 bridgehead atoms. The molecule has 0 aromatic rings. The average molecular weight is 296 g/mol. The van der Waals surface area contributed by atoms with E-state index < -0.39 is 0 Å². The molecular weight excluding hydrogens is 260 g/mol. The number of nitrogens with one attached hydrogen (secondary N) is 1. The quantitative estimate of drug-likeness (QED) is 0.811. The third kappa shape index (κ3) is 5.88. The Bertz CT molecular complexity index is 298. The van der Waals surface area contributed by atoms with Gasteiger partial charge in [-0.15, -0.1) is 0 Å². The number of nitrogens with zero attached hydrogens (tertiary/aromatic N) is 1. The molecule has 2 aliphatic rings. The molecule has 0 radical (unpaired) electrons. The van der Waals surface area contributed by atoms with Crippen molar-refractivity contribution in [3.8, 4) is 0 Å². The van der Waals surface area contributed by atoms with Gasteiger partial charge in [-0.25, -0.2) is 0 Å². The van der Waals surface area contributed by atoms with Crippen molar-refractivity contribution in [2.45, 2.75) is 96.4 Å². The molecule has 3 atom stereocenters. The van der Waals surface area contributed by atoms with Crippen LogP contribution >= 0.6 is 0 Å². The van der Waals surface area contributed by atoms with Crippen LogP contribution in [-0.4, -0.2) is 48.3 Å². The highest BCUT2D eigenvalue weighted by atomic mass is 16.5. The maximum Gasteiger partial charge on any atom is 0.0707 e. The van der Waals surface area contributed by atoms with Crippen LogP contribution in [0.2, 0.25) is 0 Å². The Morgan fingerprint density at radius 1 is 1.10 bits per heavy atom. The summed E-state index contributed by atoms with van der Waals surface area (Å²) in [7, 11) is 0. The summed E-state index contributed by atoms with van der Waals surface area (Å²) < 4.78 is 6.28. The summed E-state index contributed by atoms with van der Waals surface area (Å²) in [5, 5.41) is 3.58. The first-order valence-corrected chi connectivity index (χ1v) is 9.12. The zero-order chi connectivity index (χ0) is 15.3. The molecule has 2 aliphatic heterocycles. The van der Waals surface area contributed by atoms with E-state index in [2.05, 4.69) is 37.9 Å². The van der Waals surface area contributed by atoms with E-state index in [1.807, 2.05) is 0 Å². The van der Waals surface area contributed by atoms with Crippen LogP contribution in [0.25, 0.3) is 0 Å². The van der Waals surface area contributed by atoms with E-state index in [0.29, 0.717) is 12.2 Å². The van der Waals surface area contributed by atoms with Crippen LogP contribution in [-0.2, 0) is 4.74 Å². The summed E-state index contributed by atoms with van der Waals surface area (Å²) in [5.41, 5.74) is 0.195. The first kappa shape index (κ1) is 17.2. The van der Waals surface area contributed by atoms with Crippen molar-refractivity contribution in [2.75, 3.05) is 19.6 Å². The lowest BCUT2D eigenvalue weighted by Crippen LogP contribution is -2.44. The van der Waals surface area contributed by atoms with Crippen LogP contribution in [0.3, 0.4) is 0 Å². The molecule has 3 unspecified atom stereocenters. The predicted molar refractivity (Wildman–Crippen MR) is 89.8 cm³/mol. The average Bonchev–Trinajstić information content (AvgIpc) is 2.86. The van der Waals surface area contributed by atoms with Crippen molar-refractivity contribution >= 4 is 0 Å². The summed E-state index contributed by atoms with van der Waals surface area (Å²) in [6, 6.07) is 0.819. The Morgan fingerprint density at radius 2 is 1.86 bits per heavy atom. The largest absolute Gasteiger partial charge is 0.372 e. The zero-order valence-corrected chi connectivity index (χ0v) is 14.7. The van der Waals surface area contributed by atoms with E-state index >= 15 is 0 Å². The molecule has 3 nitrogen and oxygen atoms in total. The molecule has 124 valence electrons. The Hall–Kier alpha value is -0.120. The molecule has 0 aliphatic carbocycles. The van der Waals surface area contributed by atoms with Crippen LogP contribution < -0.4 is 5.32 Å². The second-order valence-electron chi connectivity index (χ2n) is 8.02. The Morgan fingerprint density at radius 3 is 2.57 bits per heavy atom. The molecule has 2 fully saturated rings. The van der Waals surface area contributed by atoms with Gasteiger partial charge in [0.25, 0.3) is 0 Å². The van der Waals surface area contributed by atoms with E-state index in [4.69, 9.17) is 4.74 Å². The number of hydrogen-bond donors (Lipinski definition) is 1. The first-order chi connectivity index (χ1) is 9.98. The highest BCUT2D eigenvalue weighted by Crippen LogP contribution is 2.25. The molecule has 2 heterocycles. The van der Waals surface area contributed by atoms with Crippen molar-refractivity contribution in [1.82, 2.24) is 10.2 Å². The SMILES string of the molecule is CCCC1CCCCN1CC1CCC(CNC(C)(C)C)O1. The lowest BCUT2D eigenvalue weighted by molar-refractivity contribution is 0.00436. The third-order valence-corrected chi connectivity index (χ3v) is 4.86. The summed E-state index contributed by atoms with van der Waals surface area (Å²) in [4.78, 5) is 2.72. The lowest BCUT2D eigenvalue weighted by Gasteiger charge is -2.37. The number of hydrogen-bond acceptors (Lipinski definition) is 3. The van der Waals surface area contributed by atoms with Crippen molar-refractivity contribution in [3.63, 3.8) is 0 Å². The van der Waals surface area contributed by atoms with Crippen LogP contribution in [0.1, 0.15) is 72.6 Å². The first-order valence-electron chi connectivity index (χ1n) is 9.12. The predicted octanol–water partition coefficient (Wildman–Crippen LogP) is 3.58. The van der Waals surface area contributed by atoms with Gasteiger partial charge in [0.2, 0.25) is 0 Å². The van der Waals surface area contributed by atoms with Crippen molar-refractivity contribution < 1.29 is 4.74 Å². The van der Waals surface area contributed by atoms with E-state index in [1.165, 1.54) is 51.5 Å². The number of ether oxygens (including phenoxy) is 1. The summed E-state index contributed by atoms with van der Waals surface area (Å²) in [6.45, 7) is 12.4. The number of rotatable bonds is 6. The standard InChI is InChI=1S/C18H36N2O/c1-5-8-15-9-6-7-12-20(15)14-17-11-10-16(21-17)13-19-18(2,3)4/h15-17,19H,5-14H2,1-4H3. The maximum absolute atomic E-state index is 6.28. The molecule has 0 aromatic heterocycles. The van der Waals surface area contributed by atoms with Crippen molar-refractivity contribution in [2.24, 2.45) is 0 Å². The van der Waals surface area contributed by atoms with Gasteiger partial charge >= 0.3 is 0 Å². The van der Waals surface area contributed by atoms with E-state index in [1.54, 1.807) is 0 Å². The minimum atomic E-state index is 0.195. The van der Waals surface area contributed by atoms with E-state index in [0.717, 1.165) is 19.1 Å². The highest BCUT2D eigenvalue weighted by Gasteiger charge is 2.30. The second kappa shape index (κ2) is 7.94. The molecule has 0 saturated carbocycles. The zero-order valence-electron chi connectivity index (χ0n) is 14.7. The Labute approximate surface area is 131 Å². The summed E-state index contributed by atoms with van der Waals surface area (Å²) in [5.74, 6) is 0. The molecule has 0 amide bonds. The number of piperidine rings is 1. The molecule has 2 rings (SSSR count). The van der Waals surface area contributed by atoms with Gasteiger partial charge in [-0.1, -0.05) is 19.8 Å². The van der Waals surface area contributed by atoms with Crippen LogP contribution in [0, 0.1) is 0 Å². The topological polar surface area (TPSA) is 24.5 Å². The van der Waals surface area contributed by atoms with Crippen LogP contribution in [0.4, 0.5) is 0 Å². The highest BCUT2D eigenvalue weighted by molar-refractivity contribution is 4.84. The Balaban J connectivity index is 1.73. The van der Waals surface area contributed by atoms with Crippen molar-refractivity contribution in [1.29, 1.82) is 0 Å². The van der Waals surface area contributed by atoms with Gasteiger partial charge < -0.3 is 10.1 Å². The monoisotopic (exact) mass is 296 g/mol. The van der Waals surface area contributed by atoms with Gasteiger partial charge in [0.1, 0.15) is 0 Å². The van der Waals surface area contributed by atoms with Gasteiger partial charge in [0.15, 0.2) is 0 Å². The normalized spacial score (nSPS) is 31.7. The molecular formula is C18H36N2O. The van der Waals surface area contributed by atoms with Gasteiger partial charge in [-0.05, 0) is 59.4 Å². The second-order valence-corrected chi connectivity index (χ2v) is 8.02. The van der Waals surface area contributed by atoms with Crippen LogP contribution in [0.5, 0.6) is 0 Å². The minimum absolute atomic E-state index is 0.195.